The molecule has 0 saturated heterocycles. The Balaban J connectivity index is 2.12. The van der Waals surface area contributed by atoms with Crippen molar-refractivity contribution in [3.05, 3.63) is 35.6 Å². The van der Waals surface area contributed by atoms with Gasteiger partial charge in [0.1, 0.15) is 5.82 Å². The highest BCUT2D eigenvalue weighted by molar-refractivity contribution is 5.66. The van der Waals surface area contributed by atoms with Crippen molar-refractivity contribution < 1.29 is 13.9 Å². The van der Waals surface area contributed by atoms with E-state index in [1.165, 1.54) is 19.1 Å². The molecule has 1 aliphatic carbocycles. The Hall–Kier alpha value is -1.42. The summed E-state index contributed by atoms with van der Waals surface area (Å²) in [6, 6.07) is 6.48. The van der Waals surface area contributed by atoms with E-state index in [9.17, 15) is 9.18 Å². The van der Waals surface area contributed by atoms with Crippen molar-refractivity contribution in [3.8, 4) is 0 Å². The molecule has 1 N–H and O–H groups in total. The van der Waals surface area contributed by atoms with E-state index in [-0.39, 0.29) is 11.8 Å². The highest BCUT2D eigenvalue weighted by atomic mass is 19.1. The Morgan fingerprint density at radius 3 is 2.88 bits per heavy atom. The summed E-state index contributed by atoms with van der Waals surface area (Å²) in [5, 5.41) is 3.16. The van der Waals surface area contributed by atoms with E-state index in [1.807, 2.05) is 0 Å². The van der Waals surface area contributed by atoms with Crippen molar-refractivity contribution in [3.63, 3.8) is 0 Å². The molecule has 16 heavy (non-hydrogen) atoms. The molecule has 0 amide bonds. The summed E-state index contributed by atoms with van der Waals surface area (Å²) in [6.07, 6.45) is 1.61. The predicted octanol–water partition coefficient (Wildman–Crippen LogP) is 2.14. The van der Waals surface area contributed by atoms with E-state index >= 15 is 0 Å². The third-order valence-corrected chi connectivity index (χ3v) is 2.40. The zero-order valence-electron chi connectivity index (χ0n) is 9.07. The van der Waals surface area contributed by atoms with Crippen molar-refractivity contribution in [2.24, 2.45) is 0 Å². The molecule has 0 radical (unpaired) electrons. The number of esters is 1. The molecule has 1 aliphatic rings. The lowest BCUT2D eigenvalue weighted by molar-refractivity contribution is -0.148. The Morgan fingerprint density at radius 1 is 1.56 bits per heavy atom. The highest BCUT2D eigenvalue weighted by Crippen LogP contribution is 2.25. The fourth-order valence-electron chi connectivity index (χ4n) is 1.50. The SMILES string of the molecule is CC(=O)OC(NC1CC1)c1cccc(F)c1. The van der Waals surface area contributed by atoms with E-state index in [4.69, 9.17) is 4.74 Å². The van der Waals surface area contributed by atoms with Gasteiger partial charge in [-0.1, -0.05) is 12.1 Å². The monoisotopic (exact) mass is 223 g/mol. The number of hydrogen-bond acceptors (Lipinski definition) is 3. The molecule has 1 atom stereocenters. The van der Waals surface area contributed by atoms with Crippen molar-refractivity contribution in [1.82, 2.24) is 5.32 Å². The first-order chi connectivity index (χ1) is 7.65. The van der Waals surface area contributed by atoms with Gasteiger partial charge >= 0.3 is 5.97 Å². The van der Waals surface area contributed by atoms with E-state index < -0.39 is 6.23 Å². The molecule has 2 rings (SSSR count). The van der Waals surface area contributed by atoms with Gasteiger partial charge in [0, 0.05) is 18.5 Å². The molecule has 3 nitrogen and oxygen atoms in total. The number of halogens is 1. The van der Waals surface area contributed by atoms with E-state index in [1.54, 1.807) is 12.1 Å². The van der Waals surface area contributed by atoms with Gasteiger partial charge in [0.2, 0.25) is 0 Å². The summed E-state index contributed by atoms with van der Waals surface area (Å²) in [7, 11) is 0. The average molecular weight is 223 g/mol. The zero-order chi connectivity index (χ0) is 11.5. The molecule has 0 aliphatic heterocycles. The maximum absolute atomic E-state index is 13.0. The van der Waals surface area contributed by atoms with Gasteiger partial charge in [-0.05, 0) is 25.0 Å². The second kappa shape index (κ2) is 4.61. The standard InChI is InChI=1S/C12H14FNO2/c1-8(15)16-12(14-11-5-6-11)9-3-2-4-10(13)7-9/h2-4,7,11-12,14H,5-6H2,1H3. The molecule has 1 saturated carbocycles. The quantitative estimate of drug-likeness (QED) is 0.627. The fourth-order valence-corrected chi connectivity index (χ4v) is 1.50. The van der Waals surface area contributed by atoms with Crippen molar-refractivity contribution in [2.75, 3.05) is 0 Å². The Kier molecular flexibility index (Phi) is 3.19. The van der Waals surface area contributed by atoms with Crippen LogP contribution in [0, 0.1) is 5.82 Å². The normalized spacial score (nSPS) is 16.9. The lowest BCUT2D eigenvalue weighted by Crippen LogP contribution is -2.27. The number of carbonyl (C=O) groups is 1. The van der Waals surface area contributed by atoms with Gasteiger partial charge in [-0.3, -0.25) is 10.1 Å². The second-order valence-electron chi connectivity index (χ2n) is 3.99. The molecule has 1 aromatic rings. The minimum atomic E-state index is -0.541. The number of ether oxygens (including phenoxy) is 1. The van der Waals surface area contributed by atoms with Crippen molar-refractivity contribution >= 4 is 5.97 Å². The van der Waals surface area contributed by atoms with Crippen LogP contribution in [0.2, 0.25) is 0 Å². The van der Waals surface area contributed by atoms with Gasteiger partial charge in [0.05, 0.1) is 0 Å². The van der Waals surface area contributed by atoms with Gasteiger partial charge < -0.3 is 4.74 Å². The zero-order valence-corrected chi connectivity index (χ0v) is 9.07. The molecule has 1 aromatic carbocycles. The molecule has 1 unspecified atom stereocenters. The van der Waals surface area contributed by atoms with Gasteiger partial charge in [-0.15, -0.1) is 0 Å². The summed E-state index contributed by atoms with van der Waals surface area (Å²) < 4.78 is 18.2. The van der Waals surface area contributed by atoms with E-state index in [0.717, 1.165) is 12.8 Å². The minimum Gasteiger partial charge on any atom is -0.442 e. The molecule has 4 heteroatoms. The molecular formula is C12H14FNO2. The summed E-state index contributed by atoms with van der Waals surface area (Å²) >= 11 is 0. The van der Waals surface area contributed by atoms with Crippen LogP contribution in [0.3, 0.4) is 0 Å². The van der Waals surface area contributed by atoms with Crippen LogP contribution in [0.4, 0.5) is 4.39 Å². The lowest BCUT2D eigenvalue weighted by Gasteiger charge is -2.18. The van der Waals surface area contributed by atoms with Crippen molar-refractivity contribution in [1.29, 1.82) is 0 Å². The number of nitrogens with one attached hydrogen (secondary N) is 1. The van der Waals surface area contributed by atoms with Crippen LogP contribution < -0.4 is 5.32 Å². The predicted molar refractivity (Wildman–Crippen MR) is 57.1 cm³/mol. The Labute approximate surface area is 93.6 Å². The topological polar surface area (TPSA) is 38.3 Å². The maximum Gasteiger partial charge on any atom is 0.304 e. The Bertz CT molecular complexity index is 390. The van der Waals surface area contributed by atoms with Gasteiger partial charge in [0.15, 0.2) is 6.23 Å². The van der Waals surface area contributed by atoms with Crippen LogP contribution in [0.25, 0.3) is 0 Å². The summed E-state index contributed by atoms with van der Waals surface area (Å²) in [4.78, 5) is 11.0. The molecule has 1 fully saturated rings. The van der Waals surface area contributed by atoms with Crippen LogP contribution in [0.1, 0.15) is 31.6 Å². The van der Waals surface area contributed by atoms with Gasteiger partial charge in [-0.2, -0.15) is 0 Å². The number of rotatable bonds is 4. The first-order valence-corrected chi connectivity index (χ1v) is 5.34. The maximum atomic E-state index is 13.0. The third kappa shape index (κ3) is 3.03. The van der Waals surface area contributed by atoms with Crippen LogP contribution in [-0.2, 0) is 9.53 Å². The number of carbonyl (C=O) groups excluding carboxylic acids is 1. The summed E-state index contributed by atoms with van der Waals surface area (Å²) in [6.45, 7) is 1.35. The van der Waals surface area contributed by atoms with Crippen LogP contribution in [0.15, 0.2) is 24.3 Å². The second-order valence-corrected chi connectivity index (χ2v) is 3.99. The minimum absolute atomic E-state index is 0.327. The molecular weight excluding hydrogens is 209 g/mol. The average Bonchev–Trinajstić information content (AvgIpc) is 3.00. The van der Waals surface area contributed by atoms with Gasteiger partial charge in [0.25, 0.3) is 0 Å². The van der Waals surface area contributed by atoms with E-state index in [2.05, 4.69) is 5.32 Å². The molecule has 86 valence electrons. The van der Waals surface area contributed by atoms with Crippen LogP contribution in [0.5, 0.6) is 0 Å². The fraction of sp³-hybridized carbons (Fsp3) is 0.417. The highest BCUT2D eigenvalue weighted by Gasteiger charge is 2.27. The van der Waals surface area contributed by atoms with E-state index in [0.29, 0.717) is 11.6 Å². The summed E-state index contributed by atoms with van der Waals surface area (Å²) in [5.41, 5.74) is 0.641. The largest absolute Gasteiger partial charge is 0.442 e. The molecule has 0 spiro atoms. The van der Waals surface area contributed by atoms with Crippen LogP contribution >= 0.6 is 0 Å². The van der Waals surface area contributed by atoms with Crippen molar-refractivity contribution in [2.45, 2.75) is 32.0 Å². The third-order valence-electron chi connectivity index (χ3n) is 2.40. The first-order valence-electron chi connectivity index (χ1n) is 5.34. The summed E-state index contributed by atoms with van der Waals surface area (Å²) in [5.74, 6) is -0.699. The molecule has 0 heterocycles. The Morgan fingerprint density at radius 2 is 2.31 bits per heavy atom. The lowest BCUT2D eigenvalue weighted by atomic mass is 10.2. The number of benzene rings is 1. The first kappa shape index (κ1) is 11.1. The van der Waals surface area contributed by atoms with Crippen LogP contribution in [-0.4, -0.2) is 12.0 Å². The molecule has 0 bridgehead atoms. The smallest absolute Gasteiger partial charge is 0.304 e. The number of hydrogen-bond donors (Lipinski definition) is 1. The molecule has 0 aromatic heterocycles. The van der Waals surface area contributed by atoms with Gasteiger partial charge in [-0.25, -0.2) is 4.39 Å².